The Bertz CT molecular complexity index is 372. The molecule has 1 aliphatic rings. The number of hydrogen-bond donors (Lipinski definition) is 2. The van der Waals surface area contributed by atoms with Crippen molar-refractivity contribution in [2.24, 2.45) is 5.73 Å². The van der Waals surface area contributed by atoms with E-state index in [1.54, 1.807) is 6.20 Å². The van der Waals surface area contributed by atoms with E-state index in [0.717, 1.165) is 23.2 Å². The highest BCUT2D eigenvalue weighted by molar-refractivity contribution is 7.99. The predicted molar refractivity (Wildman–Crippen MR) is 78.7 cm³/mol. The van der Waals surface area contributed by atoms with Crippen LogP contribution in [0.3, 0.4) is 0 Å². The maximum atomic E-state index is 5.52. The molecule has 0 aliphatic carbocycles. The number of thioether (sulfide) groups is 1. The number of aromatic nitrogens is 1. The van der Waals surface area contributed by atoms with Gasteiger partial charge >= 0.3 is 0 Å². The van der Waals surface area contributed by atoms with Crippen LogP contribution in [0.1, 0.15) is 24.8 Å². The molecule has 0 radical (unpaired) electrons. The fourth-order valence-electron chi connectivity index (χ4n) is 1.83. The van der Waals surface area contributed by atoms with Crippen LogP contribution >= 0.6 is 24.0 Å². The van der Waals surface area contributed by atoms with E-state index in [2.05, 4.69) is 22.1 Å². The van der Waals surface area contributed by atoms with Crippen molar-refractivity contribution in [3.8, 4) is 0 Å². The summed E-state index contributed by atoms with van der Waals surface area (Å²) in [5.41, 5.74) is 6.34. The second-order valence-corrected chi connectivity index (χ2v) is 6.01. The highest BCUT2D eigenvalue weighted by atomic mass is 32.2. The molecular weight excluding hydrogens is 250 g/mol. The molecule has 0 bridgehead atoms. The summed E-state index contributed by atoms with van der Waals surface area (Å²) in [5, 5.41) is 4.09. The van der Waals surface area contributed by atoms with Crippen molar-refractivity contribution in [2.75, 3.05) is 17.6 Å². The minimum absolute atomic E-state index is 0.395. The molecule has 0 aromatic carbocycles. The standard InChI is InChI=1S/C12H17N3S2/c13-12(16)9-4-5-11(14-7-9)15-8-10-3-1-2-6-17-10/h4-5,7,10H,1-3,6,8H2,(H2,13,16)(H,14,15). The summed E-state index contributed by atoms with van der Waals surface area (Å²) < 4.78 is 0. The molecule has 3 N–H and O–H groups in total. The maximum absolute atomic E-state index is 5.52. The van der Waals surface area contributed by atoms with Crippen LogP contribution in [-0.4, -0.2) is 27.5 Å². The van der Waals surface area contributed by atoms with Crippen molar-refractivity contribution in [3.05, 3.63) is 23.9 Å². The number of hydrogen-bond acceptors (Lipinski definition) is 4. The maximum Gasteiger partial charge on any atom is 0.125 e. The average Bonchev–Trinajstić information content (AvgIpc) is 2.38. The summed E-state index contributed by atoms with van der Waals surface area (Å²) in [6.07, 6.45) is 5.75. The van der Waals surface area contributed by atoms with Gasteiger partial charge in [0.05, 0.1) is 0 Å². The van der Waals surface area contributed by atoms with E-state index in [-0.39, 0.29) is 0 Å². The van der Waals surface area contributed by atoms with Crippen LogP contribution in [0.4, 0.5) is 5.82 Å². The molecule has 2 heterocycles. The summed E-state index contributed by atoms with van der Waals surface area (Å²) in [4.78, 5) is 4.69. The molecule has 0 amide bonds. The molecule has 1 aromatic heterocycles. The normalized spacial score (nSPS) is 19.9. The van der Waals surface area contributed by atoms with Crippen molar-refractivity contribution in [1.29, 1.82) is 0 Å². The van der Waals surface area contributed by atoms with E-state index in [9.17, 15) is 0 Å². The third-order valence-corrected chi connectivity index (χ3v) is 4.47. The van der Waals surface area contributed by atoms with E-state index in [0.29, 0.717) is 4.99 Å². The first-order valence-corrected chi connectivity index (χ1v) is 7.33. The van der Waals surface area contributed by atoms with E-state index in [1.165, 1.54) is 25.0 Å². The van der Waals surface area contributed by atoms with E-state index < -0.39 is 0 Å². The van der Waals surface area contributed by atoms with Crippen molar-refractivity contribution < 1.29 is 0 Å². The number of thiocarbonyl (C=S) groups is 1. The monoisotopic (exact) mass is 267 g/mol. The minimum atomic E-state index is 0.395. The number of nitrogens with one attached hydrogen (secondary N) is 1. The van der Waals surface area contributed by atoms with Gasteiger partial charge in [0.25, 0.3) is 0 Å². The van der Waals surface area contributed by atoms with Crippen LogP contribution in [0.5, 0.6) is 0 Å². The van der Waals surface area contributed by atoms with Gasteiger partial charge in [0.15, 0.2) is 0 Å². The quantitative estimate of drug-likeness (QED) is 0.821. The van der Waals surface area contributed by atoms with E-state index >= 15 is 0 Å². The van der Waals surface area contributed by atoms with Crippen molar-refractivity contribution in [3.63, 3.8) is 0 Å². The Morgan fingerprint density at radius 3 is 3.00 bits per heavy atom. The molecule has 1 atom stereocenters. The first kappa shape index (κ1) is 12.6. The molecule has 0 saturated carbocycles. The largest absolute Gasteiger partial charge is 0.389 e. The van der Waals surface area contributed by atoms with Crippen LogP contribution in [-0.2, 0) is 0 Å². The fraction of sp³-hybridized carbons (Fsp3) is 0.500. The lowest BCUT2D eigenvalue weighted by Crippen LogP contribution is -2.20. The Hall–Kier alpha value is -0.810. The summed E-state index contributed by atoms with van der Waals surface area (Å²) in [6, 6.07) is 3.84. The van der Waals surface area contributed by atoms with Gasteiger partial charge in [-0.15, -0.1) is 0 Å². The van der Waals surface area contributed by atoms with Crippen LogP contribution in [0.2, 0.25) is 0 Å². The summed E-state index contributed by atoms with van der Waals surface area (Å²) in [5.74, 6) is 2.19. The molecule has 92 valence electrons. The van der Waals surface area contributed by atoms with Crippen LogP contribution < -0.4 is 11.1 Å². The van der Waals surface area contributed by atoms with Gasteiger partial charge in [-0.3, -0.25) is 0 Å². The average molecular weight is 267 g/mol. The second kappa shape index (κ2) is 6.21. The van der Waals surface area contributed by atoms with Gasteiger partial charge in [0.2, 0.25) is 0 Å². The Morgan fingerprint density at radius 1 is 1.53 bits per heavy atom. The zero-order valence-electron chi connectivity index (χ0n) is 9.69. The molecule has 5 heteroatoms. The lowest BCUT2D eigenvalue weighted by atomic mass is 10.2. The highest BCUT2D eigenvalue weighted by Crippen LogP contribution is 2.25. The van der Waals surface area contributed by atoms with Crippen LogP contribution in [0, 0.1) is 0 Å². The second-order valence-electron chi connectivity index (χ2n) is 4.17. The summed E-state index contributed by atoms with van der Waals surface area (Å²) >= 11 is 6.95. The molecule has 1 saturated heterocycles. The van der Waals surface area contributed by atoms with Gasteiger partial charge in [-0.25, -0.2) is 4.98 Å². The Labute approximate surface area is 112 Å². The molecule has 1 aliphatic heterocycles. The van der Waals surface area contributed by atoms with Gasteiger partial charge in [0.1, 0.15) is 10.8 Å². The third kappa shape index (κ3) is 3.85. The summed E-state index contributed by atoms with van der Waals surface area (Å²) in [7, 11) is 0. The molecule has 3 nitrogen and oxygen atoms in total. The highest BCUT2D eigenvalue weighted by Gasteiger charge is 2.13. The zero-order valence-corrected chi connectivity index (χ0v) is 11.3. The number of nitrogens with two attached hydrogens (primary N) is 1. The van der Waals surface area contributed by atoms with Gasteiger partial charge in [-0.05, 0) is 30.7 Å². The molecule has 1 aromatic rings. The molecule has 17 heavy (non-hydrogen) atoms. The van der Waals surface area contributed by atoms with E-state index in [1.807, 2.05) is 12.1 Å². The molecule has 2 rings (SSSR count). The Morgan fingerprint density at radius 2 is 2.41 bits per heavy atom. The van der Waals surface area contributed by atoms with Gasteiger partial charge < -0.3 is 11.1 Å². The van der Waals surface area contributed by atoms with Crippen molar-refractivity contribution in [1.82, 2.24) is 4.98 Å². The lowest BCUT2D eigenvalue weighted by Gasteiger charge is -2.21. The smallest absolute Gasteiger partial charge is 0.125 e. The lowest BCUT2D eigenvalue weighted by molar-refractivity contribution is 0.677. The van der Waals surface area contributed by atoms with Crippen LogP contribution in [0.25, 0.3) is 0 Å². The third-order valence-electron chi connectivity index (χ3n) is 2.83. The number of rotatable bonds is 4. The van der Waals surface area contributed by atoms with Gasteiger partial charge in [-0.2, -0.15) is 11.8 Å². The Kier molecular flexibility index (Phi) is 4.62. The van der Waals surface area contributed by atoms with Crippen LogP contribution in [0.15, 0.2) is 18.3 Å². The van der Waals surface area contributed by atoms with E-state index in [4.69, 9.17) is 18.0 Å². The minimum Gasteiger partial charge on any atom is -0.389 e. The molecule has 0 spiro atoms. The topological polar surface area (TPSA) is 50.9 Å². The fourth-order valence-corrected chi connectivity index (χ4v) is 3.19. The SMILES string of the molecule is NC(=S)c1ccc(NCC2CCCCS2)nc1. The Balaban J connectivity index is 1.84. The first-order chi connectivity index (χ1) is 8.25. The van der Waals surface area contributed by atoms with Crippen molar-refractivity contribution in [2.45, 2.75) is 24.5 Å². The number of pyridine rings is 1. The zero-order chi connectivity index (χ0) is 12.1. The van der Waals surface area contributed by atoms with Gasteiger partial charge in [-0.1, -0.05) is 18.6 Å². The molecule has 1 unspecified atom stereocenters. The molecule has 1 fully saturated rings. The number of nitrogens with zero attached hydrogens (tertiary/aromatic N) is 1. The van der Waals surface area contributed by atoms with Gasteiger partial charge in [0, 0.05) is 23.6 Å². The predicted octanol–water partition coefficient (Wildman–Crippen LogP) is 2.41. The first-order valence-electron chi connectivity index (χ1n) is 5.87. The summed E-state index contributed by atoms with van der Waals surface area (Å²) in [6.45, 7) is 0.990. The number of anilines is 1. The van der Waals surface area contributed by atoms with Crippen molar-refractivity contribution >= 4 is 34.8 Å². The molecular formula is C12H17N3S2.